The first-order valence-corrected chi connectivity index (χ1v) is 8.39. The zero-order chi connectivity index (χ0) is 16.2. The van der Waals surface area contributed by atoms with Crippen LogP contribution in [0.5, 0.6) is 0 Å². The van der Waals surface area contributed by atoms with Crippen molar-refractivity contribution in [1.82, 2.24) is 4.90 Å². The molecule has 120 valence electrons. The number of imide groups is 1. The van der Waals surface area contributed by atoms with Crippen LogP contribution >= 0.6 is 0 Å². The highest BCUT2D eigenvalue weighted by atomic mass is 16.2. The molecule has 1 aromatic carbocycles. The average molecular weight is 303 g/mol. The number of nitrogens with zero attached hydrogens (tertiary/aromatic N) is 2. The molecule has 0 spiro atoms. The van der Waals surface area contributed by atoms with E-state index < -0.39 is 0 Å². The first kappa shape index (κ1) is 16.7. The fourth-order valence-corrected chi connectivity index (χ4v) is 3.51. The van der Waals surface area contributed by atoms with E-state index in [0.29, 0.717) is 17.7 Å². The summed E-state index contributed by atoms with van der Waals surface area (Å²) >= 11 is 0. The Morgan fingerprint density at radius 2 is 1.36 bits per heavy atom. The SMILES string of the molecule is CCC[N+](CC)(CCC)CCN1C(=O)c2ccccc2C1=O. The van der Waals surface area contributed by atoms with E-state index in [0.717, 1.165) is 43.5 Å². The molecule has 0 saturated heterocycles. The van der Waals surface area contributed by atoms with Gasteiger partial charge in [-0.05, 0) is 31.9 Å². The summed E-state index contributed by atoms with van der Waals surface area (Å²) in [5, 5.41) is 0. The molecule has 1 heterocycles. The van der Waals surface area contributed by atoms with Crippen LogP contribution in [0.4, 0.5) is 0 Å². The number of carbonyl (C=O) groups is 2. The highest BCUT2D eigenvalue weighted by molar-refractivity contribution is 6.21. The third kappa shape index (κ3) is 3.07. The van der Waals surface area contributed by atoms with Gasteiger partial charge >= 0.3 is 0 Å². The normalized spacial score (nSPS) is 14.6. The van der Waals surface area contributed by atoms with Gasteiger partial charge in [-0.2, -0.15) is 0 Å². The number of benzene rings is 1. The van der Waals surface area contributed by atoms with Gasteiger partial charge in [0.2, 0.25) is 0 Å². The van der Waals surface area contributed by atoms with E-state index in [1.165, 1.54) is 4.90 Å². The molecular weight excluding hydrogens is 276 g/mol. The molecule has 0 saturated carbocycles. The Balaban J connectivity index is 2.11. The van der Waals surface area contributed by atoms with Crippen LogP contribution in [0.3, 0.4) is 0 Å². The molecule has 0 aromatic heterocycles. The molecule has 1 aromatic rings. The van der Waals surface area contributed by atoms with Gasteiger partial charge in [0.15, 0.2) is 0 Å². The second-order valence-electron chi connectivity index (χ2n) is 6.14. The zero-order valence-electron chi connectivity index (χ0n) is 14.0. The molecule has 2 amide bonds. The van der Waals surface area contributed by atoms with Crippen LogP contribution in [0.15, 0.2) is 24.3 Å². The van der Waals surface area contributed by atoms with Gasteiger partial charge in [-0.15, -0.1) is 0 Å². The van der Waals surface area contributed by atoms with Crippen LogP contribution in [-0.4, -0.2) is 53.9 Å². The molecule has 0 bridgehead atoms. The van der Waals surface area contributed by atoms with Crippen LogP contribution in [0.25, 0.3) is 0 Å². The van der Waals surface area contributed by atoms with Crippen molar-refractivity contribution in [3.63, 3.8) is 0 Å². The monoisotopic (exact) mass is 303 g/mol. The third-order valence-electron chi connectivity index (χ3n) is 4.74. The van der Waals surface area contributed by atoms with E-state index in [1.807, 2.05) is 12.1 Å². The number of rotatable bonds is 8. The van der Waals surface area contributed by atoms with Gasteiger partial charge in [0.05, 0.1) is 43.9 Å². The van der Waals surface area contributed by atoms with Gasteiger partial charge in [0, 0.05) is 0 Å². The van der Waals surface area contributed by atoms with Gasteiger partial charge in [-0.25, -0.2) is 0 Å². The third-order valence-corrected chi connectivity index (χ3v) is 4.74. The quantitative estimate of drug-likeness (QED) is 0.547. The second-order valence-corrected chi connectivity index (χ2v) is 6.14. The molecule has 2 rings (SSSR count). The Morgan fingerprint density at radius 3 is 1.77 bits per heavy atom. The molecule has 0 aliphatic carbocycles. The Morgan fingerprint density at radius 1 is 0.864 bits per heavy atom. The van der Waals surface area contributed by atoms with E-state index in [1.54, 1.807) is 12.1 Å². The summed E-state index contributed by atoms with van der Waals surface area (Å²) in [4.78, 5) is 26.3. The summed E-state index contributed by atoms with van der Waals surface area (Å²) in [5.74, 6) is -0.273. The van der Waals surface area contributed by atoms with E-state index in [2.05, 4.69) is 20.8 Å². The van der Waals surface area contributed by atoms with Crippen molar-refractivity contribution in [3.05, 3.63) is 35.4 Å². The molecule has 0 atom stereocenters. The van der Waals surface area contributed by atoms with Crippen LogP contribution in [0.1, 0.15) is 54.3 Å². The summed E-state index contributed by atoms with van der Waals surface area (Å²) < 4.78 is 0.987. The Labute approximate surface area is 133 Å². The van der Waals surface area contributed by atoms with Gasteiger partial charge in [0.25, 0.3) is 11.8 Å². The largest absolute Gasteiger partial charge is 0.322 e. The number of quaternary nitrogens is 1. The Kier molecular flexibility index (Phi) is 5.35. The molecule has 22 heavy (non-hydrogen) atoms. The van der Waals surface area contributed by atoms with Crippen LogP contribution < -0.4 is 0 Å². The molecule has 0 unspecified atom stereocenters. The fraction of sp³-hybridized carbons (Fsp3) is 0.556. The smallest absolute Gasteiger partial charge is 0.261 e. The molecule has 0 N–H and O–H groups in total. The lowest BCUT2D eigenvalue weighted by molar-refractivity contribution is -0.926. The molecule has 4 heteroatoms. The lowest BCUT2D eigenvalue weighted by Gasteiger charge is -2.38. The zero-order valence-corrected chi connectivity index (χ0v) is 14.0. The maximum absolute atomic E-state index is 12.4. The van der Waals surface area contributed by atoms with E-state index in [-0.39, 0.29) is 11.8 Å². The van der Waals surface area contributed by atoms with Crippen LogP contribution in [0, 0.1) is 0 Å². The lowest BCUT2D eigenvalue weighted by atomic mass is 10.1. The summed E-state index contributed by atoms with van der Waals surface area (Å²) in [6.07, 6.45) is 2.24. The second kappa shape index (κ2) is 7.05. The number of amides is 2. The van der Waals surface area contributed by atoms with Gasteiger partial charge in [-0.3, -0.25) is 14.5 Å². The first-order valence-electron chi connectivity index (χ1n) is 8.39. The number of hydrogen-bond donors (Lipinski definition) is 0. The van der Waals surface area contributed by atoms with Crippen molar-refractivity contribution < 1.29 is 14.1 Å². The predicted octanol–water partition coefficient (Wildman–Crippen LogP) is 2.94. The van der Waals surface area contributed by atoms with Gasteiger partial charge in [-0.1, -0.05) is 26.0 Å². The number of likely N-dealkylation sites (N-methyl/N-ethyl adjacent to an activating group) is 1. The molecule has 1 aliphatic rings. The Bertz CT molecular complexity index is 513. The average Bonchev–Trinajstić information content (AvgIpc) is 2.78. The predicted molar refractivity (Wildman–Crippen MR) is 87.8 cm³/mol. The maximum Gasteiger partial charge on any atom is 0.261 e. The van der Waals surface area contributed by atoms with E-state index >= 15 is 0 Å². The van der Waals surface area contributed by atoms with Crippen LogP contribution in [0.2, 0.25) is 0 Å². The lowest BCUT2D eigenvalue weighted by Crippen LogP contribution is -2.53. The molecule has 1 aliphatic heterocycles. The molecule has 0 fully saturated rings. The standard InChI is InChI=1S/C18H27N2O2/c1-4-12-20(6-3,13-5-2)14-11-19-17(21)15-9-7-8-10-16(15)18(19)22/h7-10H,4-6,11-14H2,1-3H3/q+1. The first-order chi connectivity index (χ1) is 10.6. The van der Waals surface area contributed by atoms with Crippen molar-refractivity contribution in [2.45, 2.75) is 33.6 Å². The van der Waals surface area contributed by atoms with Crippen molar-refractivity contribution in [2.24, 2.45) is 0 Å². The number of fused-ring (bicyclic) bond motifs is 1. The minimum absolute atomic E-state index is 0.136. The molecule has 4 nitrogen and oxygen atoms in total. The van der Waals surface area contributed by atoms with Gasteiger partial charge < -0.3 is 4.48 Å². The minimum Gasteiger partial charge on any atom is -0.322 e. The van der Waals surface area contributed by atoms with Crippen molar-refractivity contribution in [3.8, 4) is 0 Å². The number of carbonyl (C=O) groups excluding carboxylic acids is 2. The fourth-order valence-electron chi connectivity index (χ4n) is 3.51. The minimum atomic E-state index is -0.136. The summed E-state index contributed by atoms with van der Waals surface area (Å²) in [5.41, 5.74) is 1.10. The Hall–Kier alpha value is -1.68. The molecular formula is C18H27N2O2+. The van der Waals surface area contributed by atoms with E-state index in [9.17, 15) is 9.59 Å². The van der Waals surface area contributed by atoms with Crippen molar-refractivity contribution in [1.29, 1.82) is 0 Å². The maximum atomic E-state index is 12.4. The van der Waals surface area contributed by atoms with Gasteiger partial charge in [0.1, 0.15) is 0 Å². The molecule has 0 radical (unpaired) electrons. The summed E-state index contributed by atoms with van der Waals surface area (Å²) in [6, 6.07) is 7.12. The highest BCUT2D eigenvalue weighted by Gasteiger charge is 2.36. The van der Waals surface area contributed by atoms with Crippen molar-refractivity contribution in [2.75, 3.05) is 32.7 Å². The van der Waals surface area contributed by atoms with Crippen LogP contribution in [-0.2, 0) is 0 Å². The summed E-state index contributed by atoms with van der Waals surface area (Å²) in [7, 11) is 0. The van der Waals surface area contributed by atoms with E-state index in [4.69, 9.17) is 0 Å². The summed E-state index contributed by atoms with van der Waals surface area (Å²) in [6.45, 7) is 11.2. The van der Waals surface area contributed by atoms with Crippen molar-refractivity contribution >= 4 is 11.8 Å². The topological polar surface area (TPSA) is 37.4 Å². The number of hydrogen-bond acceptors (Lipinski definition) is 2. The highest BCUT2D eigenvalue weighted by Crippen LogP contribution is 2.23.